The van der Waals surface area contributed by atoms with Crippen LogP contribution in [0.1, 0.15) is 26.3 Å². The molecule has 2 rings (SSSR count). The number of carbonyl (C=O) groups excluding carboxylic acids is 1. The van der Waals surface area contributed by atoms with Crippen molar-refractivity contribution in [1.82, 2.24) is 4.98 Å². The third-order valence-electron chi connectivity index (χ3n) is 3.91. The maximum Gasteiger partial charge on any atom is 0.316 e. The zero-order chi connectivity index (χ0) is 18.8. The number of aromatic nitrogens is 1. The van der Waals surface area contributed by atoms with Crippen LogP contribution in [0.2, 0.25) is 0 Å². The Labute approximate surface area is 145 Å². The van der Waals surface area contributed by atoms with Crippen molar-refractivity contribution in [1.29, 1.82) is 0 Å². The number of amides is 1. The second-order valence-electron chi connectivity index (χ2n) is 7.05. The van der Waals surface area contributed by atoms with Crippen LogP contribution in [-0.4, -0.2) is 22.0 Å². The van der Waals surface area contributed by atoms with Crippen LogP contribution in [0.5, 0.6) is 0 Å². The molecule has 0 saturated carbocycles. The van der Waals surface area contributed by atoms with Crippen LogP contribution in [0.25, 0.3) is 11.1 Å². The van der Waals surface area contributed by atoms with Crippen molar-refractivity contribution in [2.75, 3.05) is 5.32 Å². The van der Waals surface area contributed by atoms with E-state index in [9.17, 15) is 19.1 Å². The summed E-state index contributed by atoms with van der Waals surface area (Å²) in [4.78, 5) is 27.8. The molecule has 0 aliphatic rings. The second kappa shape index (κ2) is 7.01. The van der Waals surface area contributed by atoms with E-state index in [0.29, 0.717) is 16.8 Å². The molecule has 0 spiro atoms. The highest BCUT2D eigenvalue weighted by Crippen LogP contribution is 2.30. The molecule has 132 valence electrons. The van der Waals surface area contributed by atoms with Gasteiger partial charge in [-0.2, -0.15) is 0 Å². The molecule has 6 heteroatoms. The Morgan fingerprint density at radius 1 is 1.16 bits per heavy atom. The van der Waals surface area contributed by atoms with Crippen LogP contribution in [0.3, 0.4) is 0 Å². The highest BCUT2D eigenvalue weighted by atomic mass is 19.1. The first-order valence-electron chi connectivity index (χ1n) is 7.85. The number of benzene rings is 1. The van der Waals surface area contributed by atoms with E-state index in [-0.39, 0.29) is 0 Å². The molecule has 25 heavy (non-hydrogen) atoms. The van der Waals surface area contributed by atoms with Gasteiger partial charge in [-0.25, -0.2) is 4.39 Å². The minimum absolute atomic E-state index is 0.456. The van der Waals surface area contributed by atoms with Crippen molar-refractivity contribution in [3.05, 3.63) is 48.0 Å². The molecule has 1 amide bonds. The van der Waals surface area contributed by atoms with Gasteiger partial charge in [0.15, 0.2) is 0 Å². The molecule has 5 nitrogen and oxygen atoms in total. The van der Waals surface area contributed by atoms with Gasteiger partial charge in [0.2, 0.25) is 5.91 Å². The van der Waals surface area contributed by atoms with Crippen molar-refractivity contribution < 1.29 is 19.1 Å². The maximum absolute atomic E-state index is 13.4. The molecule has 1 atom stereocenters. The molecule has 0 aliphatic heterocycles. The summed E-state index contributed by atoms with van der Waals surface area (Å²) in [5.74, 6) is -3.40. The van der Waals surface area contributed by atoms with Crippen molar-refractivity contribution in [3.8, 4) is 11.1 Å². The molecule has 0 aliphatic carbocycles. The van der Waals surface area contributed by atoms with E-state index >= 15 is 0 Å². The van der Waals surface area contributed by atoms with Gasteiger partial charge in [0.1, 0.15) is 11.7 Å². The number of hydrogen-bond acceptors (Lipinski definition) is 3. The SMILES string of the molecule is Cc1ccc(-c2cncc(F)c2)cc1NC(=O)C(C(=O)O)C(C)(C)C. The molecule has 0 radical (unpaired) electrons. The van der Waals surface area contributed by atoms with Crippen LogP contribution in [0, 0.1) is 24.1 Å². The summed E-state index contributed by atoms with van der Waals surface area (Å²) in [6, 6.07) is 6.60. The standard InChI is InChI=1S/C19H21FN2O3/c1-11-5-6-12(13-7-14(20)10-21-9-13)8-15(11)22-17(23)16(18(24)25)19(2,3)4/h5-10,16H,1-4H3,(H,22,23)(H,24,25). The third-order valence-corrected chi connectivity index (χ3v) is 3.91. The normalized spacial score (nSPS) is 12.5. The summed E-state index contributed by atoms with van der Waals surface area (Å²) in [5.41, 5.74) is 1.78. The molecule has 0 fully saturated rings. The number of anilines is 1. The molecular formula is C19H21FN2O3. The van der Waals surface area contributed by atoms with Crippen molar-refractivity contribution in [2.45, 2.75) is 27.7 Å². The Kier molecular flexibility index (Phi) is 5.21. The Bertz CT molecular complexity index is 813. The van der Waals surface area contributed by atoms with Gasteiger partial charge in [-0.3, -0.25) is 14.6 Å². The van der Waals surface area contributed by atoms with Crippen molar-refractivity contribution in [3.63, 3.8) is 0 Å². The lowest BCUT2D eigenvalue weighted by Crippen LogP contribution is -2.39. The van der Waals surface area contributed by atoms with Crippen LogP contribution in [0.15, 0.2) is 36.7 Å². The van der Waals surface area contributed by atoms with Gasteiger partial charge in [-0.05, 0) is 35.6 Å². The number of nitrogens with one attached hydrogen (secondary N) is 1. The number of carboxylic acid groups (broad SMARTS) is 1. The Hall–Kier alpha value is -2.76. The van der Waals surface area contributed by atoms with Gasteiger partial charge >= 0.3 is 5.97 Å². The number of hydrogen-bond donors (Lipinski definition) is 2. The average molecular weight is 344 g/mol. The van der Waals surface area contributed by atoms with Crippen LogP contribution in [-0.2, 0) is 9.59 Å². The lowest BCUT2D eigenvalue weighted by atomic mass is 9.80. The van der Waals surface area contributed by atoms with Gasteiger partial charge in [0, 0.05) is 17.4 Å². The molecule has 0 saturated heterocycles. The van der Waals surface area contributed by atoms with Gasteiger partial charge in [-0.15, -0.1) is 0 Å². The highest BCUT2D eigenvalue weighted by molar-refractivity contribution is 6.05. The van der Waals surface area contributed by atoms with Gasteiger partial charge in [0.25, 0.3) is 0 Å². The number of nitrogens with zero attached hydrogens (tertiary/aromatic N) is 1. The molecular weight excluding hydrogens is 323 g/mol. The lowest BCUT2D eigenvalue weighted by Gasteiger charge is -2.26. The Balaban J connectivity index is 2.35. The predicted molar refractivity (Wildman–Crippen MR) is 93.6 cm³/mol. The average Bonchev–Trinajstić information content (AvgIpc) is 2.47. The fourth-order valence-electron chi connectivity index (χ4n) is 2.59. The first-order chi connectivity index (χ1) is 11.6. The number of halogens is 1. The highest BCUT2D eigenvalue weighted by Gasteiger charge is 2.37. The third kappa shape index (κ3) is 4.41. The number of carbonyl (C=O) groups is 2. The minimum Gasteiger partial charge on any atom is -0.481 e. The van der Waals surface area contributed by atoms with Crippen molar-refractivity contribution >= 4 is 17.6 Å². The van der Waals surface area contributed by atoms with E-state index in [2.05, 4.69) is 10.3 Å². The Morgan fingerprint density at radius 2 is 1.84 bits per heavy atom. The van der Waals surface area contributed by atoms with E-state index in [1.165, 1.54) is 12.3 Å². The zero-order valence-electron chi connectivity index (χ0n) is 14.6. The first kappa shape index (κ1) is 18.6. The smallest absolute Gasteiger partial charge is 0.316 e. The zero-order valence-corrected chi connectivity index (χ0v) is 14.6. The molecule has 2 N–H and O–H groups in total. The number of carboxylic acids is 1. The van der Waals surface area contributed by atoms with E-state index in [4.69, 9.17) is 0 Å². The molecule has 1 heterocycles. The minimum atomic E-state index is -1.19. The van der Waals surface area contributed by atoms with Crippen LogP contribution < -0.4 is 5.32 Å². The molecule has 0 bridgehead atoms. The molecule has 1 aromatic heterocycles. The fraction of sp³-hybridized carbons (Fsp3) is 0.316. The second-order valence-corrected chi connectivity index (χ2v) is 7.05. The summed E-state index contributed by atoms with van der Waals surface area (Å²) < 4.78 is 13.4. The summed E-state index contributed by atoms with van der Waals surface area (Å²) in [6.45, 7) is 6.91. The number of pyridine rings is 1. The van der Waals surface area contributed by atoms with Crippen molar-refractivity contribution in [2.24, 2.45) is 11.3 Å². The monoisotopic (exact) mass is 344 g/mol. The number of rotatable bonds is 4. The number of aliphatic carboxylic acids is 1. The number of aryl methyl sites for hydroxylation is 1. The fourth-order valence-corrected chi connectivity index (χ4v) is 2.59. The van der Waals surface area contributed by atoms with E-state index < -0.39 is 29.0 Å². The largest absolute Gasteiger partial charge is 0.481 e. The van der Waals surface area contributed by atoms with E-state index in [0.717, 1.165) is 11.8 Å². The summed E-state index contributed by atoms with van der Waals surface area (Å²) in [7, 11) is 0. The molecule has 2 aromatic rings. The van der Waals surface area contributed by atoms with E-state index in [1.54, 1.807) is 45.9 Å². The topological polar surface area (TPSA) is 79.3 Å². The first-order valence-corrected chi connectivity index (χ1v) is 7.85. The molecule has 1 unspecified atom stereocenters. The van der Waals surface area contributed by atoms with Gasteiger partial charge < -0.3 is 10.4 Å². The predicted octanol–water partition coefficient (Wildman–Crippen LogP) is 3.88. The van der Waals surface area contributed by atoms with Crippen LogP contribution >= 0.6 is 0 Å². The maximum atomic E-state index is 13.4. The molecule has 1 aromatic carbocycles. The Morgan fingerprint density at radius 3 is 2.40 bits per heavy atom. The summed E-state index contributed by atoms with van der Waals surface area (Å²) >= 11 is 0. The summed E-state index contributed by atoms with van der Waals surface area (Å²) in [5, 5.41) is 12.1. The lowest BCUT2D eigenvalue weighted by molar-refractivity contribution is -0.149. The van der Waals surface area contributed by atoms with Gasteiger partial charge in [0.05, 0.1) is 6.20 Å². The van der Waals surface area contributed by atoms with Gasteiger partial charge in [-0.1, -0.05) is 32.9 Å². The van der Waals surface area contributed by atoms with Crippen LogP contribution in [0.4, 0.5) is 10.1 Å². The summed E-state index contributed by atoms with van der Waals surface area (Å²) in [6.07, 6.45) is 2.63. The quantitative estimate of drug-likeness (QED) is 0.825. The van der Waals surface area contributed by atoms with E-state index in [1.807, 2.05) is 0 Å².